The third-order valence-corrected chi connectivity index (χ3v) is 6.29. The van der Waals surface area contributed by atoms with Crippen molar-refractivity contribution in [2.75, 3.05) is 21.3 Å². The predicted molar refractivity (Wildman–Crippen MR) is 147 cm³/mol. The van der Waals surface area contributed by atoms with E-state index in [-0.39, 0.29) is 17.8 Å². The highest BCUT2D eigenvalue weighted by Crippen LogP contribution is 2.36. The molecule has 10 heteroatoms. The summed E-state index contributed by atoms with van der Waals surface area (Å²) in [5.41, 5.74) is 0.152. The molecule has 0 bridgehead atoms. The maximum Gasteiger partial charge on any atom is 0.348 e. The lowest BCUT2D eigenvalue weighted by Gasteiger charge is -2.40. The van der Waals surface area contributed by atoms with E-state index in [1.54, 1.807) is 67.7 Å². The first-order valence-electron chi connectivity index (χ1n) is 12.4. The quantitative estimate of drug-likeness (QED) is 0.290. The van der Waals surface area contributed by atoms with Crippen molar-refractivity contribution in [2.45, 2.75) is 18.2 Å². The minimum absolute atomic E-state index is 0.114. The average molecular weight is 543 g/mol. The van der Waals surface area contributed by atoms with Crippen molar-refractivity contribution in [1.82, 2.24) is 20.2 Å². The minimum atomic E-state index is -1.72. The van der Waals surface area contributed by atoms with Crippen LogP contribution in [0.5, 0.6) is 17.8 Å². The topological polar surface area (TPSA) is 123 Å². The van der Waals surface area contributed by atoms with Crippen LogP contribution in [-0.2, 0) is 16.9 Å². The molecule has 0 radical (unpaired) electrons. The third-order valence-electron chi connectivity index (χ3n) is 6.29. The summed E-state index contributed by atoms with van der Waals surface area (Å²) in [4.78, 5) is 36.6. The molecule has 0 aliphatic rings. The molecule has 1 unspecified atom stereocenters. The smallest absolute Gasteiger partial charge is 0.348 e. The van der Waals surface area contributed by atoms with Gasteiger partial charge in [0, 0.05) is 13.6 Å². The molecule has 2 amide bonds. The molecule has 1 aromatic heterocycles. The summed E-state index contributed by atoms with van der Waals surface area (Å²) in [6.45, 7) is 0.293. The molecular formula is C30H30N4O6. The summed E-state index contributed by atoms with van der Waals surface area (Å²) in [7, 11) is 4.44. The zero-order valence-electron chi connectivity index (χ0n) is 22.4. The Morgan fingerprint density at radius 3 is 1.77 bits per heavy atom. The van der Waals surface area contributed by atoms with Crippen molar-refractivity contribution in [3.63, 3.8) is 0 Å². The van der Waals surface area contributed by atoms with Crippen LogP contribution in [0.4, 0.5) is 4.79 Å². The first kappa shape index (κ1) is 27.9. The molecule has 206 valence electrons. The molecule has 10 nitrogen and oxygen atoms in total. The summed E-state index contributed by atoms with van der Waals surface area (Å²) in [5.74, 6) is -1.13. The highest BCUT2D eigenvalue weighted by atomic mass is 16.5. The Hall–Kier alpha value is -5.12. The van der Waals surface area contributed by atoms with Gasteiger partial charge in [-0.1, -0.05) is 91.0 Å². The summed E-state index contributed by atoms with van der Waals surface area (Å²) < 4.78 is 16.4. The summed E-state index contributed by atoms with van der Waals surface area (Å²) in [5, 5.41) is 13.6. The van der Waals surface area contributed by atoms with Crippen LogP contribution in [0, 0.1) is 0 Å². The van der Waals surface area contributed by atoms with Gasteiger partial charge in [-0.05, 0) is 16.7 Å². The number of urea groups is 1. The molecule has 2 N–H and O–H groups in total. The number of rotatable bonds is 11. The fraction of sp³-hybridized carbons (Fsp3) is 0.200. The summed E-state index contributed by atoms with van der Waals surface area (Å²) >= 11 is 0. The molecule has 0 fully saturated rings. The lowest BCUT2D eigenvalue weighted by atomic mass is 9.78. The van der Waals surface area contributed by atoms with Gasteiger partial charge in [-0.2, -0.15) is 9.97 Å². The normalized spacial score (nSPS) is 11.7. The largest absolute Gasteiger partial charge is 0.481 e. The Labute approximate surface area is 232 Å². The third kappa shape index (κ3) is 6.12. The fourth-order valence-electron chi connectivity index (χ4n) is 4.35. The number of nitrogens with zero attached hydrogens (tertiary/aromatic N) is 3. The first-order chi connectivity index (χ1) is 19.4. The second kappa shape index (κ2) is 12.6. The van der Waals surface area contributed by atoms with Crippen molar-refractivity contribution >= 4 is 12.0 Å². The molecule has 1 heterocycles. The van der Waals surface area contributed by atoms with Crippen LogP contribution < -0.4 is 19.5 Å². The Balaban J connectivity index is 1.86. The van der Waals surface area contributed by atoms with E-state index in [1.807, 2.05) is 30.3 Å². The number of ether oxygens (including phenoxy) is 3. The molecular weight excluding hydrogens is 512 g/mol. The number of aromatic nitrogens is 2. The Kier molecular flexibility index (Phi) is 8.80. The highest BCUT2D eigenvalue weighted by molar-refractivity contribution is 5.82. The summed E-state index contributed by atoms with van der Waals surface area (Å²) in [6, 6.07) is 27.7. The van der Waals surface area contributed by atoms with Gasteiger partial charge in [-0.25, -0.2) is 9.59 Å². The van der Waals surface area contributed by atoms with Gasteiger partial charge in [0.15, 0.2) is 0 Å². The van der Waals surface area contributed by atoms with Crippen LogP contribution in [0.25, 0.3) is 0 Å². The number of benzene rings is 3. The number of carboxylic acid groups (broad SMARTS) is 1. The van der Waals surface area contributed by atoms with Crippen molar-refractivity contribution in [3.8, 4) is 17.8 Å². The predicted octanol–water partition coefficient (Wildman–Crippen LogP) is 4.11. The van der Waals surface area contributed by atoms with Gasteiger partial charge < -0.3 is 29.5 Å². The van der Waals surface area contributed by atoms with E-state index in [4.69, 9.17) is 14.2 Å². The maximum absolute atomic E-state index is 13.8. The number of carboxylic acids is 1. The maximum atomic E-state index is 13.8. The number of nitrogens with one attached hydrogen (secondary N) is 1. The van der Waals surface area contributed by atoms with Crippen molar-refractivity contribution in [1.29, 1.82) is 0 Å². The molecule has 0 aliphatic heterocycles. The zero-order chi connectivity index (χ0) is 28.5. The highest BCUT2D eigenvalue weighted by Gasteiger charge is 2.50. The van der Waals surface area contributed by atoms with Gasteiger partial charge in [-0.3, -0.25) is 0 Å². The van der Waals surface area contributed by atoms with E-state index in [0.717, 1.165) is 5.56 Å². The first-order valence-corrected chi connectivity index (χ1v) is 12.4. The Bertz CT molecular complexity index is 1360. The van der Waals surface area contributed by atoms with E-state index in [1.165, 1.54) is 25.2 Å². The molecule has 0 spiro atoms. The standard InChI is InChI=1S/C30H30N4O6/c1-34(20-21-13-7-4-8-14-21)29(37)33-30(22-15-9-5-10-16-22,23-17-11-6-12-18-23)26(27(35)36)40-28-31-24(38-2)19-25(32-28)39-3/h4-19,26H,20H2,1-3H3,(H,33,37)(H,35,36). The molecule has 0 saturated carbocycles. The van der Waals surface area contributed by atoms with E-state index in [9.17, 15) is 14.7 Å². The van der Waals surface area contributed by atoms with E-state index in [2.05, 4.69) is 15.3 Å². The monoisotopic (exact) mass is 542 g/mol. The van der Waals surface area contributed by atoms with E-state index >= 15 is 0 Å². The Morgan fingerprint density at radius 1 is 0.850 bits per heavy atom. The van der Waals surface area contributed by atoms with Crippen LogP contribution in [-0.4, -0.2) is 59.3 Å². The number of hydrogen-bond donors (Lipinski definition) is 2. The van der Waals surface area contributed by atoms with Crippen LogP contribution >= 0.6 is 0 Å². The van der Waals surface area contributed by atoms with Crippen LogP contribution in [0.2, 0.25) is 0 Å². The van der Waals surface area contributed by atoms with E-state index < -0.39 is 23.6 Å². The van der Waals surface area contributed by atoms with Gasteiger partial charge in [0.1, 0.15) is 5.54 Å². The summed E-state index contributed by atoms with van der Waals surface area (Å²) in [6.07, 6.45) is -1.72. The number of aliphatic carboxylic acids is 1. The molecule has 40 heavy (non-hydrogen) atoms. The molecule has 0 aliphatic carbocycles. The number of hydrogen-bond acceptors (Lipinski definition) is 7. The number of methoxy groups -OCH3 is 2. The van der Waals surface area contributed by atoms with Crippen molar-refractivity contribution < 1.29 is 28.9 Å². The fourth-order valence-corrected chi connectivity index (χ4v) is 4.35. The van der Waals surface area contributed by atoms with Crippen LogP contribution in [0.1, 0.15) is 16.7 Å². The number of carbonyl (C=O) groups is 2. The van der Waals surface area contributed by atoms with Gasteiger partial charge in [0.25, 0.3) is 0 Å². The van der Waals surface area contributed by atoms with Gasteiger partial charge in [0.05, 0.1) is 20.3 Å². The SMILES string of the molecule is COc1cc(OC)nc(OC(C(=O)O)C(NC(=O)N(C)Cc2ccccc2)(c2ccccc2)c2ccccc2)n1. The average Bonchev–Trinajstić information content (AvgIpc) is 2.99. The van der Waals surface area contributed by atoms with Gasteiger partial charge in [-0.15, -0.1) is 0 Å². The molecule has 0 saturated heterocycles. The Morgan fingerprint density at radius 2 is 1.32 bits per heavy atom. The molecule has 3 aromatic carbocycles. The lowest BCUT2D eigenvalue weighted by Crippen LogP contribution is -2.61. The van der Waals surface area contributed by atoms with Crippen LogP contribution in [0.3, 0.4) is 0 Å². The lowest BCUT2D eigenvalue weighted by molar-refractivity contribution is -0.149. The van der Waals surface area contributed by atoms with E-state index in [0.29, 0.717) is 17.7 Å². The minimum Gasteiger partial charge on any atom is -0.481 e. The van der Waals surface area contributed by atoms with Gasteiger partial charge >= 0.3 is 18.0 Å². The van der Waals surface area contributed by atoms with Crippen molar-refractivity contribution in [2.24, 2.45) is 0 Å². The molecule has 1 atom stereocenters. The van der Waals surface area contributed by atoms with Crippen molar-refractivity contribution in [3.05, 3.63) is 114 Å². The molecule has 4 rings (SSSR count). The van der Waals surface area contributed by atoms with Gasteiger partial charge in [0.2, 0.25) is 17.9 Å². The number of carbonyl (C=O) groups excluding carboxylic acids is 1. The number of amides is 2. The second-order valence-corrected chi connectivity index (χ2v) is 8.88. The molecule has 4 aromatic rings. The van der Waals surface area contributed by atoms with Crippen LogP contribution in [0.15, 0.2) is 97.1 Å². The second-order valence-electron chi connectivity index (χ2n) is 8.88. The zero-order valence-corrected chi connectivity index (χ0v) is 22.4.